The number of carbonyl (C=O) groups is 1. The minimum Gasteiger partial charge on any atom is -0.388 e. The Morgan fingerprint density at radius 1 is 1.38 bits per heavy atom. The summed E-state index contributed by atoms with van der Waals surface area (Å²) < 4.78 is 5.42. The summed E-state index contributed by atoms with van der Waals surface area (Å²) in [6, 6.07) is 6.94. The van der Waals surface area contributed by atoms with E-state index < -0.39 is 6.10 Å². The van der Waals surface area contributed by atoms with Gasteiger partial charge in [-0.2, -0.15) is 0 Å². The minimum absolute atomic E-state index is 0.0497. The first-order chi connectivity index (χ1) is 10.1. The quantitative estimate of drug-likeness (QED) is 0.879. The van der Waals surface area contributed by atoms with E-state index in [0.717, 1.165) is 25.7 Å². The second-order valence-electron chi connectivity index (χ2n) is 5.50. The van der Waals surface area contributed by atoms with Crippen molar-refractivity contribution in [2.75, 3.05) is 7.11 Å². The molecule has 0 bridgehead atoms. The Morgan fingerprint density at radius 3 is 2.71 bits per heavy atom. The lowest BCUT2D eigenvalue weighted by molar-refractivity contribution is -0.125. The Labute approximate surface area is 130 Å². The van der Waals surface area contributed by atoms with Gasteiger partial charge in [-0.1, -0.05) is 36.6 Å². The average molecular weight is 312 g/mol. The molecule has 116 valence electrons. The second kappa shape index (κ2) is 7.78. The zero-order valence-corrected chi connectivity index (χ0v) is 13.0. The maximum atomic E-state index is 12.1. The van der Waals surface area contributed by atoms with Crippen LogP contribution in [0.1, 0.15) is 43.8 Å². The van der Waals surface area contributed by atoms with Gasteiger partial charge in [-0.3, -0.25) is 4.79 Å². The fourth-order valence-electron chi connectivity index (χ4n) is 2.79. The summed E-state index contributed by atoms with van der Waals surface area (Å²) in [4.78, 5) is 12.1. The highest BCUT2D eigenvalue weighted by Gasteiger charge is 2.26. The molecule has 4 nitrogen and oxygen atoms in total. The van der Waals surface area contributed by atoms with Crippen LogP contribution in [0.2, 0.25) is 5.02 Å². The summed E-state index contributed by atoms with van der Waals surface area (Å²) in [6.07, 6.45) is 3.46. The van der Waals surface area contributed by atoms with Crippen LogP contribution in [0.15, 0.2) is 24.3 Å². The van der Waals surface area contributed by atoms with E-state index >= 15 is 0 Å². The summed E-state index contributed by atoms with van der Waals surface area (Å²) in [5, 5.41) is 13.7. The number of aliphatic hydroxyl groups excluding tert-OH is 1. The molecule has 0 radical (unpaired) electrons. The van der Waals surface area contributed by atoms with Crippen molar-refractivity contribution in [2.45, 2.75) is 50.4 Å². The molecule has 1 aliphatic carbocycles. The number of rotatable bonds is 5. The molecule has 21 heavy (non-hydrogen) atoms. The molecule has 1 aromatic rings. The Balaban J connectivity index is 1.87. The number of carbonyl (C=O) groups excluding carboxylic acids is 1. The number of hydrogen-bond acceptors (Lipinski definition) is 3. The maximum Gasteiger partial charge on any atom is 0.223 e. The van der Waals surface area contributed by atoms with Crippen LogP contribution in [0.5, 0.6) is 0 Å². The number of amides is 1. The molecule has 0 spiro atoms. The third-order valence-electron chi connectivity index (χ3n) is 3.99. The van der Waals surface area contributed by atoms with E-state index in [1.807, 2.05) is 0 Å². The molecule has 1 amide bonds. The minimum atomic E-state index is -0.813. The molecule has 5 heteroatoms. The highest BCUT2D eigenvalue weighted by atomic mass is 35.5. The van der Waals surface area contributed by atoms with Crippen LogP contribution in [-0.4, -0.2) is 30.3 Å². The molecule has 2 rings (SSSR count). The third-order valence-corrected chi connectivity index (χ3v) is 4.24. The highest BCUT2D eigenvalue weighted by Crippen LogP contribution is 2.22. The largest absolute Gasteiger partial charge is 0.388 e. The van der Waals surface area contributed by atoms with Crippen molar-refractivity contribution in [1.29, 1.82) is 0 Å². The number of aliphatic hydroxyl groups is 1. The topological polar surface area (TPSA) is 58.6 Å². The first kappa shape index (κ1) is 16.3. The van der Waals surface area contributed by atoms with Gasteiger partial charge >= 0.3 is 0 Å². The Morgan fingerprint density at radius 2 is 2.05 bits per heavy atom. The molecule has 1 aromatic carbocycles. The average Bonchev–Trinajstić information content (AvgIpc) is 2.48. The van der Waals surface area contributed by atoms with Gasteiger partial charge in [0.15, 0.2) is 0 Å². The van der Waals surface area contributed by atoms with Crippen molar-refractivity contribution in [1.82, 2.24) is 5.32 Å². The van der Waals surface area contributed by atoms with Crippen LogP contribution in [0.25, 0.3) is 0 Å². The van der Waals surface area contributed by atoms with Crippen LogP contribution >= 0.6 is 11.6 Å². The molecule has 0 heterocycles. The maximum absolute atomic E-state index is 12.1. The van der Waals surface area contributed by atoms with E-state index in [0.29, 0.717) is 10.6 Å². The molecule has 1 fully saturated rings. The van der Waals surface area contributed by atoms with E-state index in [2.05, 4.69) is 5.32 Å². The fourth-order valence-corrected chi connectivity index (χ4v) is 2.91. The number of benzene rings is 1. The van der Waals surface area contributed by atoms with Crippen LogP contribution in [0, 0.1) is 0 Å². The molecule has 0 aromatic heterocycles. The first-order valence-corrected chi connectivity index (χ1v) is 7.73. The number of hydrogen-bond donors (Lipinski definition) is 2. The van der Waals surface area contributed by atoms with Gasteiger partial charge in [0.2, 0.25) is 5.91 Å². The van der Waals surface area contributed by atoms with Crippen LogP contribution in [-0.2, 0) is 9.53 Å². The molecular formula is C16H22ClNO3. The van der Waals surface area contributed by atoms with E-state index in [4.69, 9.17) is 16.3 Å². The van der Waals surface area contributed by atoms with Crippen molar-refractivity contribution in [3.63, 3.8) is 0 Å². The molecule has 0 aliphatic heterocycles. The van der Waals surface area contributed by atoms with Gasteiger partial charge in [-0.25, -0.2) is 0 Å². The Bertz CT molecular complexity index is 463. The summed E-state index contributed by atoms with van der Waals surface area (Å²) in [5.74, 6) is -0.147. The van der Waals surface area contributed by atoms with Gasteiger partial charge in [0.1, 0.15) is 0 Å². The molecule has 2 N–H and O–H groups in total. The van der Waals surface area contributed by atoms with Crippen molar-refractivity contribution >= 4 is 17.5 Å². The molecule has 3 unspecified atom stereocenters. The normalized spacial score (nSPS) is 23.6. The van der Waals surface area contributed by atoms with Gasteiger partial charge in [0.25, 0.3) is 0 Å². The van der Waals surface area contributed by atoms with E-state index in [-0.39, 0.29) is 24.5 Å². The summed E-state index contributed by atoms with van der Waals surface area (Å²) >= 11 is 5.81. The Kier molecular flexibility index (Phi) is 6.03. The monoisotopic (exact) mass is 311 g/mol. The second-order valence-corrected chi connectivity index (χ2v) is 5.94. The van der Waals surface area contributed by atoms with E-state index in [1.165, 1.54) is 0 Å². The van der Waals surface area contributed by atoms with Crippen LogP contribution in [0.3, 0.4) is 0 Å². The van der Waals surface area contributed by atoms with Crippen molar-refractivity contribution in [3.05, 3.63) is 34.9 Å². The molecule has 0 saturated heterocycles. The number of ether oxygens (including phenoxy) is 1. The number of nitrogens with one attached hydrogen (secondary N) is 1. The van der Waals surface area contributed by atoms with Crippen LogP contribution < -0.4 is 5.32 Å². The standard InChI is InChI=1S/C16H22ClNO3/c1-21-15-5-3-2-4-13(15)18-16(20)10-14(19)11-6-8-12(17)9-7-11/h6-9,13-15,19H,2-5,10H2,1H3,(H,18,20). The Hall–Kier alpha value is -1.10. The molecule has 1 aliphatic rings. The van der Waals surface area contributed by atoms with Crippen molar-refractivity contribution in [3.8, 4) is 0 Å². The SMILES string of the molecule is COC1CCCCC1NC(=O)CC(O)c1ccc(Cl)cc1. The van der Waals surface area contributed by atoms with Gasteiger partial charge in [-0.05, 0) is 30.5 Å². The summed E-state index contributed by atoms with van der Waals surface area (Å²) in [5.41, 5.74) is 0.696. The predicted octanol–water partition coefficient (Wildman–Crippen LogP) is 2.84. The fraction of sp³-hybridized carbons (Fsp3) is 0.562. The van der Waals surface area contributed by atoms with Crippen molar-refractivity contribution < 1.29 is 14.6 Å². The van der Waals surface area contributed by atoms with Gasteiger partial charge in [-0.15, -0.1) is 0 Å². The van der Waals surface area contributed by atoms with Gasteiger partial charge in [0, 0.05) is 12.1 Å². The summed E-state index contributed by atoms with van der Waals surface area (Å²) in [6.45, 7) is 0. The van der Waals surface area contributed by atoms with Gasteiger partial charge in [0.05, 0.1) is 24.7 Å². The lowest BCUT2D eigenvalue weighted by atomic mass is 9.92. The van der Waals surface area contributed by atoms with Crippen LogP contribution in [0.4, 0.5) is 0 Å². The van der Waals surface area contributed by atoms with Gasteiger partial charge < -0.3 is 15.2 Å². The van der Waals surface area contributed by atoms with Crippen molar-refractivity contribution in [2.24, 2.45) is 0 Å². The number of methoxy groups -OCH3 is 1. The lowest BCUT2D eigenvalue weighted by Gasteiger charge is -2.31. The van der Waals surface area contributed by atoms with E-state index in [1.54, 1.807) is 31.4 Å². The summed E-state index contributed by atoms with van der Waals surface area (Å²) in [7, 11) is 1.68. The predicted molar refractivity (Wildman–Crippen MR) is 82.2 cm³/mol. The zero-order chi connectivity index (χ0) is 15.2. The molecule has 1 saturated carbocycles. The van der Waals surface area contributed by atoms with E-state index in [9.17, 15) is 9.90 Å². The molecule has 3 atom stereocenters. The highest BCUT2D eigenvalue weighted by molar-refractivity contribution is 6.30. The number of halogens is 1. The third kappa shape index (κ3) is 4.70. The zero-order valence-electron chi connectivity index (χ0n) is 12.2. The smallest absolute Gasteiger partial charge is 0.223 e. The molecular weight excluding hydrogens is 290 g/mol. The first-order valence-electron chi connectivity index (χ1n) is 7.36. The lowest BCUT2D eigenvalue weighted by Crippen LogP contribution is -2.46.